The van der Waals surface area contributed by atoms with Crippen molar-refractivity contribution in [2.75, 3.05) is 13.1 Å². The zero-order valence-electron chi connectivity index (χ0n) is 16.3. The molecule has 158 valence electrons. The number of benzene rings is 1. The number of amides is 1. The van der Waals surface area contributed by atoms with Gasteiger partial charge in [-0.3, -0.25) is 4.79 Å². The molecule has 1 aromatic carbocycles. The number of alkyl halides is 3. The molecule has 0 aliphatic rings. The van der Waals surface area contributed by atoms with Crippen LogP contribution in [0.4, 0.5) is 13.2 Å². The van der Waals surface area contributed by atoms with Gasteiger partial charge in [-0.2, -0.15) is 13.2 Å². The lowest BCUT2D eigenvalue weighted by Gasteiger charge is -2.16. The first-order chi connectivity index (χ1) is 13.7. The van der Waals surface area contributed by atoms with Gasteiger partial charge in [0, 0.05) is 13.1 Å². The zero-order chi connectivity index (χ0) is 21.4. The number of halogens is 3. The van der Waals surface area contributed by atoms with Gasteiger partial charge in [0.1, 0.15) is 12.3 Å². The number of primary amides is 1. The first-order valence-electron chi connectivity index (χ1n) is 9.28. The van der Waals surface area contributed by atoms with Gasteiger partial charge >= 0.3 is 6.18 Å². The van der Waals surface area contributed by atoms with Crippen molar-refractivity contribution in [1.82, 2.24) is 10.6 Å². The van der Waals surface area contributed by atoms with Crippen LogP contribution in [-0.2, 0) is 12.7 Å². The number of rotatable bonds is 8. The molecule has 0 fully saturated rings. The van der Waals surface area contributed by atoms with Gasteiger partial charge in [0.2, 0.25) is 0 Å². The van der Waals surface area contributed by atoms with Gasteiger partial charge in [-0.05, 0) is 43.0 Å². The fourth-order valence-corrected chi connectivity index (χ4v) is 2.69. The molecule has 0 saturated carbocycles. The number of carbonyl (C=O) groups excluding carboxylic acids is 1. The van der Waals surface area contributed by atoms with Gasteiger partial charge < -0.3 is 20.8 Å². The molecule has 1 heterocycles. The molecule has 0 saturated heterocycles. The van der Waals surface area contributed by atoms with Gasteiger partial charge in [-0.1, -0.05) is 25.1 Å². The van der Waals surface area contributed by atoms with E-state index in [1.807, 2.05) is 13.8 Å². The molecule has 0 radical (unpaired) electrons. The molecule has 2 rings (SSSR count). The minimum atomic E-state index is -4.35. The van der Waals surface area contributed by atoms with E-state index in [1.165, 1.54) is 18.2 Å². The number of nitrogens with two attached hydrogens (primary N) is 1. The Hall–Kier alpha value is -2.97. The molecule has 29 heavy (non-hydrogen) atoms. The van der Waals surface area contributed by atoms with Crippen LogP contribution in [0.25, 0.3) is 0 Å². The molecule has 0 bridgehead atoms. The Balaban J connectivity index is 1.92. The third-order valence-electron chi connectivity index (χ3n) is 4.29. The van der Waals surface area contributed by atoms with E-state index in [0.29, 0.717) is 36.8 Å². The van der Waals surface area contributed by atoms with Crippen LogP contribution in [0.5, 0.6) is 0 Å². The van der Waals surface area contributed by atoms with E-state index in [2.05, 4.69) is 15.6 Å². The quantitative estimate of drug-likeness (QED) is 0.458. The van der Waals surface area contributed by atoms with E-state index >= 15 is 0 Å². The fourth-order valence-electron chi connectivity index (χ4n) is 2.69. The summed E-state index contributed by atoms with van der Waals surface area (Å²) >= 11 is 0. The summed E-state index contributed by atoms with van der Waals surface area (Å²) in [6, 6.07) is 8.51. The Bertz CT molecular complexity index is 846. The number of hydrogen-bond donors (Lipinski definition) is 3. The lowest BCUT2D eigenvalue weighted by atomic mass is 9.96. The molecule has 2 aromatic rings. The first kappa shape index (κ1) is 22.3. The number of hydrogen-bond acceptors (Lipinski definition) is 3. The molecule has 1 unspecified atom stereocenters. The minimum absolute atomic E-state index is 0.0594. The number of furan rings is 1. The maximum atomic E-state index is 12.9. The van der Waals surface area contributed by atoms with E-state index in [-0.39, 0.29) is 18.2 Å². The highest BCUT2D eigenvalue weighted by atomic mass is 19.4. The second-order valence-electron chi connectivity index (χ2n) is 6.57. The topological polar surface area (TPSA) is 92.6 Å². The fraction of sp³-hybridized carbons (Fsp3) is 0.400. The van der Waals surface area contributed by atoms with Crippen molar-refractivity contribution in [2.45, 2.75) is 38.9 Å². The largest absolute Gasteiger partial charge is 0.454 e. The molecule has 0 spiro atoms. The highest BCUT2D eigenvalue weighted by Crippen LogP contribution is 2.31. The first-order valence-corrected chi connectivity index (χ1v) is 9.28. The average Bonchev–Trinajstić information content (AvgIpc) is 3.15. The normalized spacial score (nSPS) is 13.2. The Kier molecular flexibility index (Phi) is 7.69. The third kappa shape index (κ3) is 6.85. The lowest BCUT2D eigenvalue weighted by molar-refractivity contribution is -0.137. The Morgan fingerprint density at radius 1 is 1.24 bits per heavy atom. The van der Waals surface area contributed by atoms with Gasteiger partial charge in [0.15, 0.2) is 11.7 Å². The maximum absolute atomic E-state index is 12.9. The van der Waals surface area contributed by atoms with E-state index in [1.54, 1.807) is 12.1 Å². The van der Waals surface area contributed by atoms with Gasteiger partial charge in [-0.25, -0.2) is 4.99 Å². The van der Waals surface area contributed by atoms with Crippen LogP contribution in [0, 0.1) is 0 Å². The van der Waals surface area contributed by atoms with Gasteiger partial charge in [0.05, 0.1) is 5.56 Å². The van der Waals surface area contributed by atoms with Crippen molar-refractivity contribution < 1.29 is 22.4 Å². The van der Waals surface area contributed by atoms with Crippen molar-refractivity contribution in [3.05, 3.63) is 59.0 Å². The maximum Gasteiger partial charge on any atom is 0.416 e. The van der Waals surface area contributed by atoms with E-state index in [9.17, 15) is 18.0 Å². The highest BCUT2D eigenvalue weighted by molar-refractivity contribution is 5.89. The summed E-state index contributed by atoms with van der Waals surface area (Å²) in [5, 5.41) is 6.23. The monoisotopic (exact) mass is 410 g/mol. The Labute approximate surface area is 167 Å². The molecule has 6 nitrogen and oxygen atoms in total. The summed E-state index contributed by atoms with van der Waals surface area (Å²) in [5.74, 6) is 0.405. The van der Waals surface area contributed by atoms with Crippen LogP contribution in [0.3, 0.4) is 0 Å². The third-order valence-corrected chi connectivity index (χ3v) is 4.29. The lowest BCUT2D eigenvalue weighted by Crippen LogP contribution is -2.38. The van der Waals surface area contributed by atoms with Crippen molar-refractivity contribution in [2.24, 2.45) is 10.7 Å². The van der Waals surface area contributed by atoms with Crippen LogP contribution in [0.15, 0.2) is 45.8 Å². The highest BCUT2D eigenvalue weighted by Gasteiger charge is 2.30. The smallest absolute Gasteiger partial charge is 0.416 e. The second kappa shape index (κ2) is 9.99. The summed E-state index contributed by atoms with van der Waals surface area (Å²) < 4.78 is 43.9. The molecule has 0 aliphatic heterocycles. The summed E-state index contributed by atoms with van der Waals surface area (Å²) in [7, 11) is 0. The number of nitrogens with zero attached hydrogens (tertiary/aromatic N) is 1. The van der Waals surface area contributed by atoms with Crippen LogP contribution in [0.1, 0.15) is 53.6 Å². The Morgan fingerprint density at radius 3 is 2.62 bits per heavy atom. The second-order valence-corrected chi connectivity index (χ2v) is 6.57. The predicted molar refractivity (Wildman–Crippen MR) is 105 cm³/mol. The molecular formula is C20H25F3N4O2. The van der Waals surface area contributed by atoms with Crippen LogP contribution >= 0.6 is 0 Å². The number of carbonyl (C=O) groups is 1. The van der Waals surface area contributed by atoms with Crippen LogP contribution < -0.4 is 16.4 Å². The Morgan fingerprint density at radius 2 is 2.00 bits per heavy atom. The summed E-state index contributed by atoms with van der Waals surface area (Å²) in [6.07, 6.45) is -3.72. The van der Waals surface area contributed by atoms with Crippen LogP contribution in [0.2, 0.25) is 0 Å². The van der Waals surface area contributed by atoms with Crippen molar-refractivity contribution in [1.29, 1.82) is 0 Å². The van der Waals surface area contributed by atoms with E-state index < -0.39 is 17.6 Å². The minimum Gasteiger partial charge on any atom is -0.454 e. The van der Waals surface area contributed by atoms with E-state index in [4.69, 9.17) is 10.2 Å². The molecule has 1 aromatic heterocycles. The van der Waals surface area contributed by atoms with E-state index in [0.717, 1.165) is 6.07 Å². The molecule has 1 atom stereocenters. The molecular weight excluding hydrogens is 385 g/mol. The molecule has 4 N–H and O–H groups in total. The summed E-state index contributed by atoms with van der Waals surface area (Å²) in [4.78, 5) is 15.4. The number of nitrogens with one attached hydrogen (secondary N) is 2. The summed E-state index contributed by atoms with van der Waals surface area (Å²) in [5.41, 5.74) is 5.15. The standard InChI is InChI=1S/C20H25F3N4O2/c1-3-25-19(27-12-16-7-8-17(29-16)18(24)28)26-10-9-13(2)14-5-4-6-15(11-14)20(21,22)23/h4-8,11,13H,3,9-10,12H2,1-2H3,(H2,24,28)(H2,25,26,27). The average molecular weight is 410 g/mol. The number of aliphatic imine (C=N–C) groups is 1. The van der Waals surface area contributed by atoms with Crippen molar-refractivity contribution >= 4 is 11.9 Å². The zero-order valence-corrected chi connectivity index (χ0v) is 16.3. The summed E-state index contributed by atoms with van der Waals surface area (Å²) in [6.45, 7) is 5.18. The molecule has 9 heteroatoms. The van der Waals surface area contributed by atoms with Gasteiger partial charge in [0.25, 0.3) is 5.91 Å². The van der Waals surface area contributed by atoms with Gasteiger partial charge in [-0.15, -0.1) is 0 Å². The van der Waals surface area contributed by atoms with Crippen molar-refractivity contribution in [3.8, 4) is 0 Å². The SMILES string of the molecule is CCNC(=NCc1ccc(C(N)=O)o1)NCCC(C)c1cccc(C(F)(F)F)c1. The number of guanidine groups is 1. The van der Waals surface area contributed by atoms with Crippen LogP contribution in [-0.4, -0.2) is 25.0 Å². The predicted octanol–water partition coefficient (Wildman–Crippen LogP) is 3.65. The molecule has 1 amide bonds. The molecule has 0 aliphatic carbocycles. The van der Waals surface area contributed by atoms with Crippen molar-refractivity contribution in [3.63, 3.8) is 0 Å².